The summed E-state index contributed by atoms with van der Waals surface area (Å²) in [6.07, 6.45) is 4.63. The molecule has 3 rings (SSSR count). The molecule has 98 valence electrons. The van der Waals surface area contributed by atoms with Crippen LogP contribution in [0.5, 0.6) is 0 Å². The first-order valence-corrected chi connectivity index (χ1v) is 7.01. The van der Waals surface area contributed by atoms with Gasteiger partial charge in [0.1, 0.15) is 11.5 Å². The third-order valence-corrected chi connectivity index (χ3v) is 4.58. The standard InChI is InChI=1S/C15H21NO2/c1-3-15(7-6-14(17)16-15)9-11-4-5-13(18-11)12-8-10(12)2/h4-5,10,12H,3,6-9H2,1-2H3,(H,16,17). The maximum atomic E-state index is 11.4. The molecule has 0 bridgehead atoms. The van der Waals surface area contributed by atoms with E-state index in [1.807, 2.05) is 0 Å². The number of nitrogens with one attached hydrogen (secondary N) is 1. The quantitative estimate of drug-likeness (QED) is 0.888. The van der Waals surface area contributed by atoms with Gasteiger partial charge in [0.05, 0.1) is 0 Å². The lowest BCUT2D eigenvalue weighted by molar-refractivity contribution is -0.119. The third kappa shape index (κ3) is 2.06. The van der Waals surface area contributed by atoms with E-state index in [-0.39, 0.29) is 11.4 Å². The molecule has 0 aromatic carbocycles. The van der Waals surface area contributed by atoms with E-state index in [0.717, 1.165) is 36.7 Å². The van der Waals surface area contributed by atoms with Gasteiger partial charge in [-0.05, 0) is 37.3 Å². The summed E-state index contributed by atoms with van der Waals surface area (Å²) >= 11 is 0. The monoisotopic (exact) mass is 247 g/mol. The summed E-state index contributed by atoms with van der Waals surface area (Å²) in [5.41, 5.74) is -0.0681. The Bertz CT molecular complexity index is 465. The molecule has 2 heterocycles. The highest BCUT2D eigenvalue weighted by molar-refractivity contribution is 5.79. The number of carbonyl (C=O) groups excluding carboxylic acids is 1. The lowest BCUT2D eigenvalue weighted by Crippen LogP contribution is -2.42. The Morgan fingerprint density at radius 3 is 2.83 bits per heavy atom. The van der Waals surface area contributed by atoms with Crippen molar-refractivity contribution in [3.8, 4) is 0 Å². The zero-order valence-electron chi connectivity index (χ0n) is 11.2. The summed E-state index contributed by atoms with van der Waals surface area (Å²) < 4.78 is 5.95. The van der Waals surface area contributed by atoms with Gasteiger partial charge in [0.15, 0.2) is 0 Å². The number of furan rings is 1. The first-order valence-electron chi connectivity index (χ1n) is 7.01. The second-order valence-corrected chi connectivity index (χ2v) is 5.98. The van der Waals surface area contributed by atoms with Gasteiger partial charge in [-0.1, -0.05) is 13.8 Å². The van der Waals surface area contributed by atoms with E-state index in [9.17, 15) is 4.79 Å². The van der Waals surface area contributed by atoms with Gasteiger partial charge in [-0.2, -0.15) is 0 Å². The molecule has 1 N–H and O–H groups in total. The van der Waals surface area contributed by atoms with E-state index in [4.69, 9.17) is 4.42 Å². The number of carbonyl (C=O) groups is 1. The SMILES string of the molecule is CCC1(Cc2ccc(C3CC3C)o2)CCC(=O)N1. The summed E-state index contributed by atoms with van der Waals surface area (Å²) in [7, 11) is 0. The topological polar surface area (TPSA) is 42.2 Å². The van der Waals surface area contributed by atoms with Crippen LogP contribution in [0.15, 0.2) is 16.5 Å². The molecule has 1 saturated carbocycles. The lowest BCUT2D eigenvalue weighted by Gasteiger charge is -2.26. The van der Waals surface area contributed by atoms with Gasteiger partial charge in [-0.25, -0.2) is 0 Å². The molecule has 1 aromatic heterocycles. The average Bonchev–Trinajstić information content (AvgIpc) is 2.78. The van der Waals surface area contributed by atoms with Crippen molar-refractivity contribution in [2.75, 3.05) is 0 Å². The van der Waals surface area contributed by atoms with Gasteiger partial charge in [0.2, 0.25) is 5.91 Å². The predicted octanol–water partition coefficient (Wildman–Crippen LogP) is 3.00. The Morgan fingerprint density at radius 1 is 1.50 bits per heavy atom. The Morgan fingerprint density at radius 2 is 2.28 bits per heavy atom. The molecule has 18 heavy (non-hydrogen) atoms. The van der Waals surface area contributed by atoms with Crippen LogP contribution in [0.3, 0.4) is 0 Å². The molecule has 3 nitrogen and oxygen atoms in total. The van der Waals surface area contributed by atoms with Crippen molar-refractivity contribution in [1.29, 1.82) is 0 Å². The molecule has 1 saturated heterocycles. The lowest BCUT2D eigenvalue weighted by atomic mass is 9.89. The number of amides is 1. The van der Waals surface area contributed by atoms with Gasteiger partial charge < -0.3 is 9.73 Å². The molecule has 2 aliphatic rings. The molecular weight excluding hydrogens is 226 g/mol. The first kappa shape index (κ1) is 11.8. The Labute approximate surface area is 108 Å². The number of hydrogen-bond donors (Lipinski definition) is 1. The molecule has 1 amide bonds. The van der Waals surface area contributed by atoms with Crippen molar-refractivity contribution in [3.05, 3.63) is 23.7 Å². The second kappa shape index (κ2) is 4.15. The largest absolute Gasteiger partial charge is 0.466 e. The number of rotatable bonds is 4. The van der Waals surface area contributed by atoms with Crippen LogP contribution in [0.4, 0.5) is 0 Å². The van der Waals surface area contributed by atoms with Gasteiger partial charge in [-0.3, -0.25) is 4.79 Å². The van der Waals surface area contributed by atoms with Crippen LogP contribution in [0.25, 0.3) is 0 Å². The van der Waals surface area contributed by atoms with Crippen molar-refractivity contribution < 1.29 is 9.21 Å². The van der Waals surface area contributed by atoms with Crippen LogP contribution in [0.1, 0.15) is 57.0 Å². The molecule has 3 heteroatoms. The molecule has 3 atom stereocenters. The van der Waals surface area contributed by atoms with E-state index in [0.29, 0.717) is 12.3 Å². The Hall–Kier alpha value is -1.25. The normalized spacial score (nSPS) is 34.7. The molecule has 1 aliphatic carbocycles. The maximum absolute atomic E-state index is 11.4. The third-order valence-electron chi connectivity index (χ3n) is 4.58. The van der Waals surface area contributed by atoms with Crippen molar-refractivity contribution in [2.24, 2.45) is 5.92 Å². The van der Waals surface area contributed by atoms with E-state index >= 15 is 0 Å². The van der Waals surface area contributed by atoms with E-state index in [1.54, 1.807) is 0 Å². The fraction of sp³-hybridized carbons (Fsp3) is 0.667. The molecule has 3 unspecified atom stereocenters. The van der Waals surface area contributed by atoms with Crippen LogP contribution >= 0.6 is 0 Å². The fourth-order valence-corrected chi connectivity index (χ4v) is 3.04. The van der Waals surface area contributed by atoms with Gasteiger partial charge in [0, 0.05) is 24.3 Å². The molecule has 1 aliphatic heterocycles. The first-order chi connectivity index (χ1) is 8.62. The highest BCUT2D eigenvalue weighted by Gasteiger charge is 2.39. The maximum Gasteiger partial charge on any atom is 0.220 e. The van der Waals surface area contributed by atoms with Crippen molar-refractivity contribution in [2.45, 2.75) is 57.4 Å². The van der Waals surface area contributed by atoms with Crippen LogP contribution in [-0.2, 0) is 11.2 Å². The van der Waals surface area contributed by atoms with Crippen molar-refractivity contribution in [1.82, 2.24) is 5.32 Å². The summed E-state index contributed by atoms with van der Waals surface area (Å²) in [6, 6.07) is 4.20. The summed E-state index contributed by atoms with van der Waals surface area (Å²) in [6.45, 7) is 4.40. The van der Waals surface area contributed by atoms with Crippen LogP contribution < -0.4 is 5.32 Å². The molecule has 0 radical (unpaired) electrons. The Kier molecular flexibility index (Phi) is 2.72. The van der Waals surface area contributed by atoms with E-state index in [1.165, 1.54) is 6.42 Å². The smallest absolute Gasteiger partial charge is 0.220 e. The minimum Gasteiger partial charge on any atom is -0.466 e. The van der Waals surface area contributed by atoms with Crippen molar-refractivity contribution >= 4 is 5.91 Å². The predicted molar refractivity (Wildman–Crippen MR) is 69.3 cm³/mol. The fourth-order valence-electron chi connectivity index (χ4n) is 3.04. The highest BCUT2D eigenvalue weighted by Crippen LogP contribution is 2.47. The van der Waals surface area contributed by atoms with E-state index < -0.39 is 0 Å². The molecule has 1 aromatic rings. The molecule has 0 spiro atoms. The minimum atomic E-state index is -0.0681. The second-order valence-electron chi connectivity index (χ2n) is 5.98. The van der Waals surface area contributed by atoms with Crippen LogP contribution in [-0.4, -0.2) is 11.4 Å². The van der Waals surface area contributed by atoms with Gasteiger partial charge in [-0.15, -0.1) is 0 Å². The molecular formula is C15H21NO2. The van der Waals surface area contributed by atoms with Crippen molar-refractivity contribution in [3.63, 3.8) is 0 Å². The summed E-state index contributed by atoms with van der Waals surface area (Å²) in [4.78, 5) is 11.4. The van der Waals surface area contributed by atoms with E-state index in [2.05, 4.69) is 31.3 Å². The molecule has 2 fully saturated rings. The zero-order valence-corrected chi connectivity index (χ0v) is 11.2. The van der Waals surface area contributed by atoms with Gasteiger partial charge in [0.25, 0.3) is 0 Å². The van der Waals surface area contributed by atoms with Crippen LogP contribution in [0.2, 0.25) is 0 Å². The van der Waals surface area contributed by atoms with Crippen LogP contribution in [0, 0.1) is 5.92 Å². The average molecular weight is 247 g/mol. The Balaban J connectivity index is 1.71. The summed E-state index contributed by atoms with van der Waals surface area (Å²) in [5.74, 6) is 3.74. The van der Waals surface area contributed by atoms with Gasteiger partial charge >= 0.3 is 0 Å². The highest BCUT2D eigenvalue weighted by atomic mass is 16.3. The summed E-state index contributed by atoms with van der Waals surface area (Å²) in [5, 5.41) is 3.13. The zero-order chi connectivity index (χ0) is 12.8. The minimum absolute atomic E-state index is 0.0681. The number of hydrogen-bond acceptors (Lipinski definition) is 2.